The van der Waals surface area contributed by atoms with Crippen molar-refractivity contribution in [3.63, 3.8) is 0 Å². The molecule has 6 heteroatoms. The molecule has 2 aliphatic rings. The van der Waals surface area contributed by atoms with Gasteiger partial charge in [-0.15, -0.1) is 0 Å². The lowest BCUT2D eigenvalue weighted by Gasteiger charge is -2.41. The number of methoxy groups -OCH3 is 4. The molecule has 0 unspecified atom stereocenters. The van der Waals surface area contributed by atoms with Gasteiger partial charge >= 0.3 is 0 Å². The molecule has 0 radical (unpaired) electrons. The first-order valence-electron chi connectivity index (χ1n) is 9.45. The summed E-state index contributed by atoms with van der Waals surface area (Å²) < 4.78 is 22.7. The molecule has 1 atom stereocenters. The summed E-state index contributed by atoms with van der Waals surface area (Å²) >= 11 is 0. The van der Waals surface area contributed by atoms with Crippen LogP contribution in [0.25, 0.3) is 11.1 Å². The summed E-state index contributed by atoms with van der Waals surface area (Å²) in [7, 11) is 8.73. The quantitative estimate of drug-likeness (QED) is 0.854. The number of ether oxygens (including phenoxy) is 4. The maximum Gasteiger partial charge on any atom is 0.169 e. The second-order valence-corrected chi connectivity index (χ2v) is 7.29. The van der Waals surface area contributed by atoms with Crippen LogP contribution in [-0.2, 0) is 19.4 Å². The maximum absolute atomic E-state index is 10.1. The second kappa shape index (κ2) is 7.18. The van der Waals surface area contributed by atoms with Crippen molar-refractivity contribution in [3.05, 3.63) is 34.4 Å². The van der Waals surface area contributed by atoms with Crippen LogP contribution in [-0.4, -0.2) is 52.0 Å². The van der Waals surface area contributed by atoms with Crippen LogP contribution < -0.4 is 18.9 Å². The molecule has 150 valence electrons. The zero-order chi connectivity index (χ0) is 20.0. The molecule has 0 bridgehead atoms. The van der Waals surface area contributed by atoms with Crippen LogP contribution in [0.5, 0.6) is 23.0 Å². The van der Waals surface area contributed by atoms with E-state index in [0.29, 0.717) is 17.2 Å². The smallest absolute Gasteiger partial charge is 0.169 e. The van der Waals surface area contributed by atoms with E-state index in [4.69, 9.17) is 18.9 Å². The predicted octanol–water partition coefficient (Wildman–Crippen LogP) is 2.97. The molecule has 4 rings (SSSR count). The first-order valence-corrected chi connectivity index (χ1v) is 9.45. The van der Waals surface area contributed by atoms with Crippen molar-refractivity contribution in [2.24, 2.45) is 0 Å². The Balaban J connectivity index is 2.11. The van der Waals surface area contributed by atoms with Crippen LogP contribution in [0.3, 0.4) is 0 Å². The summed E-state index contributed by atoms with van der Waals surface area (Å²) in [6.45, 7) is 0.861. The fourth-order valence-corrected chi connectivity index (χ4v) is 4.78. The van der Waals surface area contributed by atoms with Gasteiger partial charge < -0.3 is 24.1 Å². The summed E-state index contributed by atoms with van der Waals surface area (Å²) in [5.74, 6) is 2.69. The van der Waals surface area contributed by atoms with E-state index in [-0.39, 0.29) is 12.6 Å². The molecule has 0 aromatic heterocycles. The van der Waals surface area contributed by atoms with Crippen molar-refractivity contribution in [1.29, 1.82) is 0 Å². The van der Waals surface area contributed by atoms with Gasteiger partial charge in [-0.3, -0.25) is 4.90 Å². The number of aliphatic hydroxyl groups is 1. The molecule has 0 amide bonds. The van der Waals surface area contributed by atoms with Gasteiger partial charge in [-0.2, -0.15) is 0 Å². The average molecular weight is 385 g/mol. The number of hydrogen-bond donors (Lipinski definition) is 1. The van der Waals surface area contributed by atoms with Crippen molar-refractivity contribution in [1.82, 2.24) is 4.90 Å². The molecule has 1 heterocycles. The Morgan fingerprint density at radius 1 is 1.00 bits per heavy atom. The molecule has 0 saturated heterocycles. The van der Waals surface area contributed by atoms with Gasteiger partial charge in [0.1, 0.15) is 0 Å². The second-order valence-electron chi connectivity index (χ2n) is 7.29. The lowest BCUT2D eigenvalue weighted by Crippen LogP contribution is -2.36. The number of benzene rings is 2. The van der Waals surface area contributed by atoms with E-state index in [1.807, 2.05) is 6.07 Å². The molecular formula is C22H27NO5. The number of fused-ring (bicyclic) bond motifs is 2. The molecular weight excluding hydrogens is 358 g/mol. The third kappa shape index (κ3) is 2.55. The van der Waals surface area contributed by atoms with E-state index in [1.54, 1.807) is 28.4 Å². The molecule has 6 nitrogen and oxygen atoms in total. The highest BCUT2D eigenvalue weighted by Gasteiger charge is 2.38. The first kappa shape index (κ1) is 18.9. The minimum absolute atomic E-state index is 0.0721. The first-order chi connectivity index (χ1) is 13.6. The lowest BCUT2D eigenvalue weighted by molar-refractivity contribution is 0.220. The number of aliphatic hydroxyl groups excluding tert-OH is 1. The number of hydrogen-bond acceptors (Lipinski definition) is 6. The zero-order valence-electron chi connectivity index (χ0n) is 17.1. The topological polar surface area (TPSA) is 60.4 Å². The molecule has 0 saturated carbocycles. The Kier molecular flexibility index (Phi) is 4.85. The van der Waals surface area contributed by atoms with Crippen molar-refractivity contribution in [2.75, 3.05) is 42.0 Å². The largest absolute Gasteiger partial charge is 0.493 e. The van der Waals surface area contributed by atoms with Gasteiger partial charge in [0.25, 0.3) is 0 Å². The molecule has 1 aliphatic heterocycles. The normalized spacial score (nSPS) is 17.6. The Bertz CT molecular complexity index is 924. The standard InChI is InChI=1S/C22H27NO5/c1-23-7-6-13-15(11-24)21(27-4)22(28-5)20-14-10-18(26-3)17(25-2)9-12(14)8-16(23)19(13)20/h9-10,16,24H,6-8,11H2,1-5H3/t16-/m0/s1. The Hall–Kier alpha value is -2.44. The van der Waals surface area contributed by atoms with Crippen molar-refractivity contribution >= 4 is 0 Å². The van der Waals surface area contributed by atoms with Gasteiger partial charge in [-0.25, -0.2) is 0 Å². The van der Waals surface area contributed by atoms with Gasteiger partial charge in [0.15, 0.2) is 23.0 Å². The van der Waals surface area contributed by atoms with E-state index in [1.165, 1.54) is 16.7 Å². The highest BCUT2D eigenvalue weighted by molar-refractivity contribution is 5.86. The van der Waals surface area contributed by atoms with Gasteiger partial charge in [-0.05, 0) is 54.3 Å². The zero-order valence-corrected chi connectivity index (χ0v) is 17.1. The van der Waals surface area contributed by atoms with Crippen LogP contribution >= 0.6 is 0 Å². The third-order valence-electron chi connectivity index (χ3n) is 6.10. The Morgan fingerprint density at radius 2 is 1.68 bits per heavy atom. The van der Waals surface area contributed by atoms with Crippen LogP contribution in [0.15, 0.2) is 12.1 Å². The fourth-order valence-electron chi connectivity index (χ4n) is 4.78. The number of rotatable bonds is 5. The molecule has 1 N–H and O–H groups in total. The minimum atomic E-state index is -0.0721. The third-order valence-corrected chi connectivity index (χ3v) is 6.10. The molecule has 28 heavy (non-hydrogen) atoms. The lowest BCUT2D eigenvalue weighted by atomic mass is 9.75. The highest BCUT2D eigenvalue weighted by Crippen LogP contribution is 2.55. The Morgan fingerprint density at radius 3 is 2.29 bits per heavy atom. The molecule has 2 aromatic rings. The molecule has 0 fully saturated rings. The summed E-state index contributed by atoms with van der Waals surface area (Å²) in [6.07, 6.45) is 1.74. The van der Waals surface area contributed by atoms with E-state index >= 15 is 0 Å². The van der Waals surface area contributed by atoms with Crippen LogP contribution in [0.2, 0.25) is 0 Å². The highest BCUT2D eigenvalue weighted by atomic mass is 16.5. The van der Waals surface area contributed by atoms with Crippen molar-refractivity contribution in [3.8, 4) is 34.1 Å². The van der Waals surface area contributed by atoms with Crippen LogP contribution in [0.4, 0.5) is 0 Å². The molecule has 1 aliphatic carbocycles. The van der Waals surface area contributed by atoms with E-state index in [0.717, 1.165) is 41.8 Å². The average Bonchev–Trinajstić information content (AvgIpc) is 2.73. The predicted molar refractivity (Wildman–Crippen MR) is 107 cm³/mol. The van der Waals surface area contributed by atoms with E-state index in [9.17, 15) is 5.11 Å². The number of nitrogens with zero attached hydrogens (tertiary/aromatic N) is 1. The summed E-state index contributed by atoms with van der Waals surface area (Å²) in [4.78, 5) is 2.37. The van der Waals surface area contributed by atoms with Crippen molar-refractivity contribution in [2.45, 2.75) is 25.5 Å². The van der Waals surface area contributed by atoms with Gasteiger partial charge in [0, 0.05) is 23.7 Å². The number of likely N-dealkylation sites (N-methyl/N-ethyl adjacent to an activating group) is 1. The van der Waals surface area contributed by atoms with Crippen LogP contribution in [0.1, 0.15) is 28.3 Å². The SMILES string of the molecule is COc1cc2c(cc1OC)-c1c(OC)c(OC)c(CO)c3c1[C@H](C2)N(C)CC3. The molecule has 0 spiro atoms. The Labute approximate surface area is 165 Å². The molecule has 2 aromatic carbocycles. The monoisotopic (exact) mass is 385 g/mol. The summed E-state index contributed by atoms with van der Waals surface area (Å²) in [5.41, 5.74) is 6.53. The van der Waals surface area contributed by atoms with Crippen molar-refractivity contribution < 1.29 is 24.1 Å². The minimum Gasteiger partial charge on any atom is -0.493 e. The van der Waals surface area contributed by atoms with E-state index in [2.05, 4.69) is 18.0 Å². The summed E-state index contributed by atoms with van der Waals surface area (Å²) in [5, 5.41) is 10.1. The summed E-state index contributed by atoms with van der Waals surface area (Å²) in [6, 6.07) is 4.30. The van der Waals surface area contributed by atoms with Gasteiger partial charge in [0.05, 0.1) is 35.0 Å². The van der Waals surface area contributed by atoms with Gasteiger partial charge in [0.2, 0.25) is 0 Å². The maximum atomic E-state index is 10.1. The fraction of sp³-hybridized carbons (Fsp3) is 0.455. The van der Waals surface area contributed by atoms with E-state index < -0.39 is 0 Å². The van der Waals surface area contributed by atoms with Crippen LogP contribution in [0, 0.1) is 0 Å². The van der Waals surface area contributed by atoms with Gasteiger partial charge in [-0.1, -0.05) is 0 Å².